The highest BCUT2D eigenvalue weighted by molar-refractivity contribution is 5.86. The fraction of sp³-hybridized carbons (Fsp3) is 0.619. The van der Waals surface area contributed by atoms with E-state index in [2.05, 4.69) is 4.90 Å². The van der Waals surface area contributed by atoms with Crippen LogP contribution in [0, 0.1) is 24.6 Å². The Labute approximate surface area is 155 Å². The third-order valence-electron chi connectivity index (χ3n) is 5.58. The maximum Gasteiger partial charge on any atom is 0.137 e. The van der Waals surface area contributed by atoms with Gasteiger partial charge in [0, 0.05) is 57.3 Å². The van der Waals surface area contributed by atoms with Crippen molar-refractivity contribution < 1.29 is 18.7 Å². The minimum Gasteiger partial charge on any atom is -0.383 e. The average Bonchev–Trinajstić information content (AvgIpc) is 2.66. The van der Waals surface area contributed by atoms with E-state index < -0.39 is 0 Å². The Balaban J connectivity index is 2.48. The number of ketones is 2. The smallest absolute Gasteiger partial charge is 0.137 e. The van der Waals surface area contributed by atoms with Crippen LogP contribution in [0.5, 0.6) is 0 Å². The van der Waals surface area contributed by atoms with Gasteiger partial charge in [-0.2, -0.15) is 0 Å². The van der Waals surface area contributed by atoms with Crippen LogP contribution in [-0.2, 0) is 14.3 Å². The van der Waals surface area contributed by atoms with Crippen LogP contribution >= 0.6 is 0 Å². The lowest BCUT2D eigenvalue weighted by Gasteiger charge is -2.43. The molecule has 0 bridgehead atoms. The summed E-state index contributed by atoms with van der Waals surface area (Å²) in [7, 11) is 1.65. The van der Waals surface area contributed by atoms with Gasteiger partial charge in [-0.1, -0.05) is 26.0 Å². The lowest BCUT2D eigenvalue weighted by molar-refractivity contribution is -0.131. The summed E-state index contributed by atoms with van der Waals surface area (Å²) < 4.78 is 19.4. The van der Waals surface area contributed by atoms with E-state index in [1.54, 1.807) is 20.1 Å². The number of carbonyl (C=O) groups excluding carboxylic acids is 2. The van der Waals surface area contributed by atoms with E-state index in [-0.39, 0.29) is 35.1 Å². The third-order valence-corrected chi connectivity index (χ3v) is 5.58. The van der Waals surface area contributed by atoms with Crippen molar-refractivity contribution in [3.05, 3.63) is 35.1 Å². The lowest BCUT2D eigenvalue weighted by atomic mass is 9.68. The van der Waals surface area contributed by atoms with Crippen molar-refractivity contribution in [3.63, 3.8) is 0 Å². The normalized spacial score (nSPS) is 23.8. The molecule has 2 atom stereocenters. The van der Waals surface area contributed by atoms with E-state index in [1.165, 1.54) is 6.07 Å². The van der Waals surface area contributed by atoms with Gasteiger partial charge in [-0.05, 0) is 24.1 Å². The van der Waals surface area contributed by atoms with E-state index in [1.807, 2.05) is 19.9 Å². The molecule has 1 heterocycles. The zero-order chi connectivity index (χ0) is 19.3. The first-order valence-electron chi connectivity index (χ1n) is 9.46. The predicted octanol–water partition coefficient (Wildman–Crippen LogP) is 3.37. The molecule has 1 saturated heterocycles. The van der Waals surface area contributed by atoms with Gasteiger partial charge in [0.15, 0.2) is 0 Å². The van der Waals surface area contributed by atoms with Crippen molar-refractivity contribution in [1.29, 1.82) is 0 Å². The van der Waals surface area contributed by atoms with E-state index in [4.69, 9.17) is 4.74 Å². The molecule has 5 heteroatoms. The van der Waals surface area contributed by atoms with Gasteiger partial charge >= 0.3 is 0 Å². The minimum atomic E-state index is -0.299. The van der Waals surface area contributed by atoms with Crippen molar-refractivity contribution >= 4 is 11.6 Å². The third kappa shape index (κ3) is 4.38. The maximum atomic E-state index is 14.2. The van der Waals surface area contributed by atoms with Gasteiger partial charge in [0.2, 0.25) is 0 Å². The number of halogens is 1. The van der Waals surface area contributed by atoms with Crippen LogP contribution in [0.1, 0.15) is 43.7 Å². The molecule has 0 spiro atoms. The summed E-state index contributed by atoms with van der Waals surface area (Å²) in [5, 5.41) is 0. The Morgan fingerprint density at radius 1 is 1.15 bits per heavy atom. The number of Topliss-reactive ketones (excluding diaryl/α,β-unsaturated/α-hetero) is 2. The van der Waals surface area contributed by atoms with Gasteiger partial charge in [-0.3, -0.25) is 14.5 Å². The molecule has 2 rings (SSSR count). The van der Waals surface area contributed by atoms with Gasteiger partial charge in [0.1, 0.15) is 17.4 Å². The molecule has 26 heavy (non-hydrogen) atoms. The Bertz CT molecular complexity index is 620. The number of rotatable bonds is 8. The molecule has 0 radical (unpaired) electrons. The van der Waals surface area contributed by atoms with Crippen LogP contribution in [0.15, 0.2) is 18.2 Å². The average molecular weight is 363 g/mol. The number of piperidine rings is 1. The van der Waals surface area contributed by atoms with Crippen LogP contribution in [0.2, 0.25) is 0 Å². The van der Waals surface area contributed by atoms with Gasteiger partial charge < -0.3 is 4.74 Å². The topological polar surface area (TPSA) is 46.6 Å². The molecule has 0 N–H and O–H groups in total. The first-order chi connectivity index (χ1) is 12.4. The lowest BCUT2D eigenvalue weighted by Crippen LogP contribution is -2.51. The Kier molecular flexibility index (Phi) is 7.47. The summed E-state index contributed by atoms with van der Waals surface area (Å²) in [6.07, 6.45) is 0.835. The molecular formula is C21H30FNO3. The zero-order valence-corrected chi connectivity index (χ0v) is 16.3. The summed E-state index contributed by atoms with van der Waals surface area (Å²) >= 11 is 0. The highest BCUT2D eigenvalue weighted by atomic mass is 19.1. The summed E-state index contributed by atoms with van der Waals surface area (Å²) in [5.41, 5.74) is 1.35. The molecule has 0 aromatic heterocycles. The molecule has 0 aliphatic carbocycles. The highest BCUT2D eigenvalue weighted by Crippen LogP contribution is 2.41. The number of methoxy groups -OCH3 is 1. The number of benzene rings is 1. The Morgan fingerprint density at radius 2 is 1.73 bits per heavy atom. The predicted molar refractivity (Wildman–Crippen MR) is 99.8 cm³/mol. The fourth-order valence-corrected chi connectivity index (χ4v) is 4.09. The standard InChI is InChI=1S/C21H30FNO3/c1-5-19(24)16-12-23(10-11-26-4)13-17(20(25)6-2)21(16)15-8-7-9-18(22)14(15)3/h7-9,16-17,21H,5-6,10-13H2,1-4H3. The van der Waals surface area contributed by atoms with Crippen molar-refractivity contribution in [2.24, 2.45) is 11.8 Å². The van der Waals surface area contributed by atoms with E-state index >= 15 is 0 Å². The van der Waals surface area contributed by atoms with E-state index in [0.29, 0.717) is 44.6 Å². The summed E-state index contributed by atoms with van der Waals surface area (Å²) in [6.45, 7) is 7.86. The molecular weight excluding hydrogens is 333 g/mol. The number of nitrogens with zero attached hydrogens (tertiary/aromatic N) is 1. The van der Waals surface area contributed by atoms with Gasteiger partial charge in [0.05, 0.1) is 6.61 Å². The van der Waals surface area contributed by atoms with Crippen molar-refractivity contribution in [1.82, 2.24) is 4.90 Å². The number of hydrogen-bond donors (Lipinski definition) is 0. The zero-order valence-electron chi connectivity index (χ0n) is 16.3. The van der Waals surface area contributed by atoms with E-state index in [0.717, 1.165) is 5.56 Å². The largest absolute Gasteiger partial charge is 0.383 e. The summed E-state index contributed by atoms with van der Waals surface area (Å²) in [4.78, 5) is 27.7. The highest BCUT2D eigenvalue weighted by Gasteiger charge is 2.43. The maximum absolute atomic E-state index is 14.2. The van der Waals surface area contributed by atoms with Crippen molar-refractivity contribution in [2.45, 2.75) is 39.5 Å². The number of carbonyl (C=O) groups is 2. The van der Waals surface area contributed by atoms with E-state index in [9.17, 15) is 14.0 Å². The van der Waals surface area contributed by atoms with Gasteiger partial charge in [0.25, 0.3) is 0 Å². The van der Waals surface area contributed by atoms with Crippen LogP contribution in [0.3, 0.4) is 0 Å². The molecule has 1 aromatic carbocycles. The number of likely N-dealkylation sites (tertiary alicyclic amines) is 1. The molecule has 1 aliphatic heterocycles. The minimum absolute atomic E-state index is 0.134. The Morgan fingerprint density at radius 3 is 2.23 bits per heavy atom. The second kappa shape index (κ2) is 9.38. The molecule has 0 saturated carbocycles. The quantitative estimate of drug-likeness (QED) is 0.710. The monoisotopic (exact) mass is 363 g/mol. The van der Waals surface area contributed by atoms with Crippen molar-refractivity contribution in [3.8, 4) is 0 Å². The first-order valence-corrected chi connectivity index (χ1v) is 9.46. The summed E-state index contributed by atoms with van der Waals surface area (Å²) in [6, 6.07) is 4.98. The number of hydrogen-bond acceptors (Lipinski definition) is 4. The molecule has 0 amide bonds. The van der Waals surface area contributed by atoms with Crippen LogP contribution in [0.4, 0.5) is 4.39 Å². The SMILES string of the molecule is CCC(=O)C1CN(CCOC)CC(C(=O)CC)C1c1cccc(F)c1C. The molecule has 1 aliphatic rings. The van der Waals surface area contributed by atoms with Crippen molar-refractivity contribution in [2.75, 3.05) is 33.4 Å². The number of ether oxygens (including phenoxy) is 1. The molecule has 4 nitrogen and oxygen atoms in total. The fourth-order valence-electron chi connectivity index (χ4n) is 4.09. The van der Waals surface area contributed by atoms with Gasteiger partial charge in [-0.25, -0.2) is 4.39 Å². The molecule has 1 fully saturated rings. The molecule has 144 valence electrons. The van der Waals surface area contributed by atoms with Gasteiger partial charge in [-0.15, -0.1) is 0 Å². The second-order valence-corrected chi connectivity index (χ2v) is 7.08. The Hall–Kier alpha value is -1.59. The first kappa shape index (κ1) is 20.7. The second-order valence-electron chi connectivity index (χ2n) is 7.08. The summed E-state index contributed by atoms with van der Waals surface area (Å²) in [5.74, 6) is -0.873. The molecule has 1 aromatic rings. The van der Waals surface area contributed by atoms with Crippen LogP contribution < -0.4 is 0 Å². The van der Waals surface area contributed by atoms with Crippen LogP contribution in [-0.4, -0.2) is 49.8 Å². The molecule has 2 unspecified atom stereocenters. The van der Waals surface area contributed by atoms with Crippen LogP contribution in [0.25, 0.3) is 0 Å².